The molecule has 0 radical (unpaired) electrons. The molecule has 0 saturated carbocycles. The molecule has 27 heavy (non-hydrogen) atoms. The summed E-state index contributed by atoms with van der Waals surface area (Å²) in [7, 11) is 3.24. The zero-order valence-electron chi connectivity index (χ0n) is 15.6. The second-order valence-corrected chi connectivity index (χ2v) is 5.43. The van der Waals surface area contributed by atoms with E-state index in [2.05, 4.69) is 15.6 Å². The normalized spacial score (nSPS) is 10.8. The quantitative estimate of drug-likeness (QED) is 0.315. The molecule has 0 aliphatic rings. The SMILES string of the molecule is CCOc1ccc(NC(=NC)NCc2ccc(F)c(CO)c2)cc1OC.I. The molecule has 0 aliphatic heterocycles. The fourth-order valence-corrected chi connectivity index (χ4v) is 2.38. The number of hydrogen-bond donors (Lipinski definition) is 3. The summed E-state index contributed by atoms with van der Waals surface area (Å²) in [6.07, 6.45) is 0. The van der Waals surface area contributed by atoms with Crippen molar-refractivity contribution >= 4 is 35.6 Å². The highest BCUT2D eigenvalue weighted by Crippen LogP contribution is 2.30. The molecule has 8 heteroatoms. The van der Waals surface area contributed by atoms with E-state index in [0.717, 1.165) is 11.3 Å². The van der Waals surface area contributed by atoms with Crippen molar-refractivity contribution in [2.24, 2.45) is 4.99 Å². The van der Waals surface area contributed by atoms with Crippen LogP contribution in [0, 0.1) is 5.82 Å². The lowest BCUT2D eigenvalue weighted by atomic mass is 10.1. The van der Waals surface area contributed by atoms with Crippen molar-refractivity contribution in [1.82, 2.24) is 5.32 Å². The molecule has 148 valence electrons. The molecular formula is C19H25FIN3O3. The number of anilines is 1. The first kappa shape index (κ1) is 23.0. The van der Waals surface area contributed by atoms with Crippen molar-refractivity contribution in [1.29, 1.82) is 0 Å². The van der Waals surface area contributed by atoms with Gasteiger partial charge in [0.25, 0.3) is 0 Å². The summed E-state index contributed by atoms with van der Waals surface area (Å²) in [5, 5.41) is 15.5. The van der Waals surface area contributed by atoms with E-state index in [-0.39, 0.29) is 36.1 Å². The maximum atomic E-state index is 13.4. The summed E-state index contributed by atoms with van der Waals surface area (Å²) in [6.45, 7) is 2.56. The lowest BCUT2D eigenvalue weighted by molar-refractivity contribution is 0.275. The molecule has 0 unspecified atom stereocenters. The average Bonchev–Trinajstić information content (AvgIpc) is 2.67. The van der Waals surface area contributed by atoms with E-state index < -0.39 is 5.82 Å². The molecule has 0 atom stereocenters. The van der Waals surface area contributed by atoms with Crippen molar-refractivity contribution in [2.45, 2.75) is 20.1 Å². The van der Waals surface area contributed by atoms with Gasteiger partial charge in [-0.25, -0.2) is 4.39 Å². The predicted molar refractivity (Wildman–Crippen MR) is 116 cm³/mol. The molecule has 3 N–H and O–H groups in total. The van der Waals surface area contributed by atoms with E-state index in [1.807, 2.05) is 25.1 Å². The molecule has 2 rings (SSSR count). The van der Waals surface area contributed by atoms with Crippen molar-refractivity contribution in [3.8, 4) is 11.5 Å². The van der Waals surface area contributed by atoms with Crippen LogP contribution in [0.3, 0.4) is 0 Å². The van der Waals surface area contributed by atoms with Gasteiger partial charge in [0.05, 0.1) is 20.3 Å². The van der Waals surface area contributed by atoms with Gasteiger partial charge in [0.1, 0.15) is 5.82 Å². The molecule has 0 heterocycles. The Labute approximate surface area is 175 Å². The number of methoxy groups -OCH3 is 1. The number of benzene rings is 2. The Hall–Kier alpha value is -2.07. The van der Waals surface area contributed by atoms with Crippen molar-refractivity contribution in [3.05, 3.63) is 53.3 Å². The highest BCUT2D eigenvalue weighted by molar-refractivity contribution is 14.0. The highest BCUT2D eigenvalue weighted by Gasteiger charge is 2.08. The number of ether oxygens (including phenoxy) is 2. The van der Waals surface area contributed by atoms with Crippen LogP contribution in [0.15, 0.2) is 41.4 Å². The molecule has 0 aromatic heterocycles. The molecular weight excluding hydrogens is 464 g/mol. The Kier molecular flexibility index (Phi) is 9.87. The Morgan fingerprint density at radius 1 is 1.19 bits per heavy atom. The first-order valence-electron chi connectivity index (χ1n) is 8.28. The lowest BCUT2D eigenvalue weighted by Crippen LogP contribution is -2.30. The van der Waals surface area contributed by atoms with Crippen LogP contribution in [0.4, 0.5) is 10.1 Å². The lowest BCUT2D eigenvalue weighted by Gasteiger charge is -2.15. The first-order chi connectivity index (χ1) is 12.6. The summed E-state index contributed by atoms with van der Waals surface area (Å²) in [5.74, 6) is 1.43. The van der Waals surface area contributed by atoms with Gasteiger partial charge in [-0.2, -0.15) is 0 Å². The number of hydrogen-bond acceptors (Lipinski definition) is 4. The van der Waals surface area contributed by atoms with Crippen LogP contribution < -0.4 is 20.1 Å². The van der Waals surface area contributed by atoms with Crippen molar-refractivity contribution in [3.63, 3.8) is 0 Å². The van der Waals surface area contributed by atoms with Gasteiger partial charge in [-0.15, -0.1) is 24.0 Å². The van der Waals surface area contributed by atoms with E-state index in [9.17, 15) is 4.39 Å². The number of aliphatic hydroxyl groups is 1. The molecule has 0 spiro atoms. The zero-order valence-corrected chi connectivity index (χ0v) is 17.9. The third-order valence-corrected chi connectivity index (χ3v) is 3.69. The minimum atomic E-state index is -0.416. The van der Waals surface area contributed by atoms with Crippen LogP contribution in [0.1, 0.15) is 18.1 Å². The van der Waals surface area contributed by atoms with Crippen LogP contribution in [0.5, 0.6) is 11.5 Å². The van der Waals surface area contributed by atoms with Crippen LogP contribution in [-0.2, 0) is 13.2 Å². The van der Waals surface area contributed by atoms with E-state index >= 15 is 0 Å². The highest BCUT2D eigenvalue weighted by atomic mass is 127. The van der Waals surface area contributed by atoms with Gasteiger partial charge >= 0.3 is 0 Å². The molecule has 0 amide bonds. The van der Waals surface area contributed by atoms with Crippen LogP contribution in [-0.4, -0.2) is 31.8 Å². The fourth-order valence-electron chi connectivity index (χ4n) is 2.38. The van der Waals surface area contributed by atoms with Gasteiger partial charge in [-0.1, -0.05) is 6.07 Å². The second kappa shape index (κ2) is 11.6. The predicted octanol–water partition coefficient (Wildman–Crippen LogP) is 3.53. The largest absolute Gasteiger partial charge is 0.493 e. The summed E-state index contributed by atoms with van der Waals surface area (Å²) < 4.78 is 24.3. The Morgan fingerprint density at radius 2 is 1.96 bits per heavy atom. The second-order valence-electron chi connectivity index (χ2n) is 5.43. The third-order valence-electron chi connectivity index (χ3n) is 3.69. The molecule has 0 aliphatic carbocycles. The molecule has 6 nitrogen and oxygen atoms in total. The van der Waals surface area contributed by atoms with E-state index in [1.54, 1.807) is 26.3 Å². The third kappa shape index (κ3) is 6.55. The number of halogens is 2. The van der Waals surface area contributed by atoms with Gasteiger partial charge < -0.3 is 25.2 Å². The monoisotopic (exact) mass is 489 g/mol. The molecule has 0 saturated heterocycles. The Balaban J connectivity index is 0.00000364. The fraction of sp³-hybridized carbons (Fsp3) is 0.316. The van der Waals surface area contributed by atoms with Gasteiger partial charge in [0, 0.05) is 30.9 Å². The molecule has 2 aromatic rings. The average molecular weight is 489 g/mol. The van der Waals surface area contributed by atoms with Crippen molar-refractivity contribution in [2.75, 3.05) is 26.1 Å². The van der Waals surface area contributed by atoms with E-state index in [0.29, 0.717) is 30.6 Å². The molecule has 2 aromatic carbocycles. The zero-order chi connectivity index (χ0) is 18.9. The number of rotatable bonds is 7. The summed E-state index contributed by atoms with van der Waals surface area (Å²) in [4.78, 5) is 4.17. The topological polar surface area (TPSA) is 75.1 Å². The maximum Gasteiger partial charge on any atom is 0.195 e. The van der Waals surface area contributed by atoms with Gasteiger partial charge in [-0.3, -0.25) is 4.99 Å². The van der Waals surface area contributed by atoms with Crippen molar-refractivity contribution < 1.29 is 19.0 Å². The Bertz CT molecular complexity index is 772. The van der Waals surface area contributed by atoms with Gasteiger partial charge in [-0.05, 0) is 36.8 Å². The summed E-state index contributed by atoms with van der Waals surface area (Å²) in [6, 6.07) is 10.1. The first-order valence-corrected chi connectivity index (χ1v) is 8.28. The number of aliphatic imine (C=N–C) groups is 1. The number of aliphatic hydroxyl groups excluding tert-OH is 1. The smallest absolute Gasteiger partial charge is 0.195 e. The number of guanidine groups is 1. The van der Waals surface area contributed by atoms with Crippen LogP contribution >= 0.6 is 24.0 Å². The van der Waals surface area contributed by atoms with Crippen LogP contribution in [0.2, 0.25) is 0 Å². The number of nitrogens with one attached hydrogen (secondary N) is 2. The standard InChI is InChI=1S/C19H24FN3O3.HI/c1-4-26-17-8-6-15(10-18(17)25-3)23-19(21-2)22-11-13-5-7-16(20)14(9-13)12-24;/h5-10,24H,4,11-12H2,1-3H3,(H2,21,22,23);1H. The minimum Gasteiger partial charge on any atom is -0.493 e. The minimum absolute atomic E-state index is 0. The maximum absolute atomic E-state index is 13.4. The van der Waals surface area contributed by atoms with E-state index in [1.165, 1.54) is 6.07 Å². The Morgan fingerprint density at radius 3 is 2.59 bits per heavy atom. The van der Waals surface area contributed by atoms with Gasteiger partial charge in [0.2, 0.25) is 0 Å². The van der Waals surface area contributed by atoms with E-state index in [4.69, 9.17) is 14.6 Å². The number of nitrogens with zero attached hydrogens (tertiary/aromatic N) is 1. The molecule has 0 bridgehead atoms. The molecule has 0 fully saturated rings. The van der Waals surface area contributed by atoms with Gasteiger partial charge in [0.15, 0.2) is 17.5 Å². The summed E-state index contributed by atoms with van der Waals surface area (Å²) in [5.41, 5.74) is 1.89. The summed E-state index contributed by atoms with van der Waals surface area (Å²) >= 11 is 0. The van der Waals surface area contributed by atoms with Crippen LogP contribution in [0.25, 0.3) is 0 Å².